The van der Waals surface area contributed by atoms with Crippen LogP contribution in [0.15, 0.2) is 6.07 Å². The Bertz CT molecular complexity index is 525. The maximum Gasteiger partial charge on any atom is 0.258 e. The third kappa shape index (κ3) is 2.94. The number of primary amides is 1. The van der Waals surface area contributed by atoms with E-state index >= 15 is 0 Å². The summed E-state index contributed by atoms with van der Waals surface area (Å²) in [5, 5.41) is 7.03. The molecule has 1 unspecified atom stereocenters. The van der Waals surface area contributed by atoms with Gasteiger partial charge in [-0.05, 0) is 6.07 Å². The Labute approximate surface area is 118 Å². The van der Waals surface area contributed by atoms with E-state index in [9.17, 15) is 9.59 Å². The summed E-state index contributed by atoms with van der Waals surface area (Å²) in [6.45, 7) is 0.618. The molecule has 102 valence electrons. The van der Waals surface area contributed by atoms with E-state index in [0.29, 0.717) is 6.61 Å². The van der Waals surface area contributed by atoms with E-state index < -0.39 is 17.9 Å². The van der Waals surface area contributed by atoms with Crippen molar-refractivity contribution >= 4 is 35.0 Å². The lowest BCUT2D eigenvalue weighted by Gasteiger charge is -2.33. The number of amides is 2. The zero-order chi connectivity index (χ0) is 14.0. The van der Waals surface area contributed by atoms with Crippen LogP contribution in [0.25, 0.3) is 0 Å². The zero-order valence-electron chi connectivity index (χ0n) is 9.68. The van der Waals surface area contributed by atoms with Crippen LogP contribution in [-0.2, 0) is 9.53 Å². The van der Waals surface area contributed by atoms with E-state index in [1.54, 1.807) is 0 Å². The molecule has 1 saturated heterocycles. The molecule has 2 N–H and O–H groups in total. The van der Waals surface area contributed by atoms with Gasteiger partial charge in [0, 0.05) is 6.54 Å². The van der Waals surface area contributed by atoms with Crippen LogP contribution in [-0.4, -0.2) is 52.7 Å². The Morgan fingerprint density at radius 1 is 1.42 bits per heavy atom. The number of morpholine rings is 1. The Balaban J connectivity index is 2.31. The van der Waals surface area contributed by atoms with Crippen LogP contribution in [0.3, 0.4) is 0 Å². The summed E-state index contributed by atoms with van der Waals surface area (Å²) >= 11 is 11.5. The third-order valence-corrected chi connectivity index (χ3v) is 3.13. The number of hydrogen-bond donors (Lipinski definition) is 1. The highest BCUT2D eigenvalue weighted by molar-refractivity contribution is 6.34. The van der Waals surface area contributed by atoms with Crippen LogP contribution in [0.5, 0.6) is 0 Å². The van der Waals surface area contributed by atoms with Gasteiger partial charge in [-0.1, -0.05) is 23.2 Å². The molecular formula is C10H10Cl2N4O3. The predicted octanol–water partition coefficient (Wildman–Crippen LogP) is 0.110. The normalized spacial score (nSPS) is 19.3. The highest BCUT2D eigenvalue weighted by Gasteiger charge is 2.33. The van der Waals surface area contributed by atoms with Gasteiger partial charge in [-0.25, -0.2) is 0 Å². The largest absolute Gasteiger partial charge is 0.377 e. The molecule has 1 fully saturated rings. The van der Waals surface area contributed by atoms with Crippen molar-refractivity contribution in [2.24, 2.45) is 5.73 Å². The minimum absolute atomic E-state index is 0.0386. The first-order valence-electron chi connectivity index (χ1n) is 5.37. The van der Waals surface area contributed by atoms with Crippen LogP contribution >= 0.6 is 23.2 Å². The zero-order valence-corrected chi connectivity index (χ0v) is 11.2. The van der Waals surface area contributed by atoms with Gasteiger partial charge in [0.25, 0.3) is 5.91 Å². The van der Waals surface area contributed by atoms with Gasteiger partial charge in [-0.15, -0.1) is 10.2 Å². The van der Waals surface area contributed by atoms with Crippen molar-refractivity contribution in [2.75, 3.05) is 19.8 Å². The second-order valence-corrected chi connectivity index (χ2v) is 4.61. The molecule has 1 aliphatic rings. The van der Waals surface area contributed by atoms with Crippen molar-refractivity contribution in [3.63, 3.8) is 0 Å². The van der Waals surface area contributed by atoms with Gasteiger partial charge in [-0.3, -0.25) is 9.59 Å². The van der Waals surface area contributed by atoms with Crippen molar-refractivity contribution in [2.45, 2.75) is 6.04 Å². The van der Waals surface area contributed by atoms with Crippen molar-refractivity contribution in [3.8, 4) is 0 Å². The SMILES string of the molecule is NC(=O)C1COCCN1C(=O)c1cc(Cl)nnc1Cl. The van der Waals surface area contributed by atoms with Gasteiger partial charge >= 0.3 is 0 Å². The summed E-state index contributed by atoms with van der Waals surface area (Å²) in [4.78, 5) is 24.9. The third-order valence-electron chi connectivity index (χ3n) is 2.67. The fraction of sp³-hybridized carbons (Fsp3) is 0.400. The molecule has 1 aromatic rings. The lowest BCUT2D eigenvalue weighted by molar-refractivity contribution is -0.127. The molecule has 2 amide bonds. The maximum atomic E-state index is 12.3. The summed E-state index contributed by atoms with van der Waals surface area (Å²) in [6, 6.07) is 0.469. The molecule has 1 aliphatic heterocycles. The Morgan fingerprint density at radius 2 is 2.16 bits per heavy atom. The van der Waals surface area contributed by atoms with E-state index in [4.69, 9.17) is 33.7 Å². The lowest BCUT2D eigenvalue weighted by atomic mass is 10.1. The van der Waals surface area contributed by atoms with Gasteiger partial charge in [0.15, 0.2) is 10.3 Å². The molecular weight excluding hydrogens is 295 g/mol. The molecule has 0 aromatic carbocycles. The molecule has 0 saturated carbocycles. The second kappa shape index (κ2) is 5.68. The number of aromatic nitrogens is 2. The van der Waals surface area contributed by atoms with Crippen LogP contribution in [0, 0.1) is 0 Å². The van der Waals surface area contributed by atoms with Crippen LogP contribution < -0.4 is 5.73 Å². The van der Waals surface area contributed by atoms with Crippen molar-refractivity contribution in [1.29, 1.82) is 0 Å². The second-order valence-electron chi connectivity index (χ2n) is 3.86. The fourth-order valence-corrected chi connectivity index (χ4v) is 2.06. The molecule has 2 heterocycles. The number of nitrogens with zero attached hydrogens (tertiary/aromatic N) is 3. The minimum atomic E-state index is -0.829. The topological polar surface area (TPSA) is 98.4 Å². The van der Waals surface area contributed by atoms with E-state index in [2.05, 4.69) is 10.2 Å². The number of carbonyl (C=O) groups is 2. The van der Waals surface area contributed by atoms with Crippen molar-refractivity contribution < 1.29 is 14.3 Å². The number of rotatable bonds is 2. The van der Waals surface area contributed by atoms with E-state index in [1.807, 2.05) is 0 Å². The smallest absolute Gasteiger partial charge is 0.258 e. The summed E-state index contributed by atoms with van der Waals surface area (Å²) in [5.74, 6) is -1.12. The number of ether oxygens (including phenoxy) is 1. The highest BCUT2D eigenvalue weighted by Crippen LogP contribution is 2.19. The van der Waals surface area contributed by atoms with Gasteiger partial charge in [0.2, 0.25) is 5.91 Å². The first kappa shape index (κ1) is 14.0. The minimum Gasteiger partial charge on any atom is -0.377 e. The number of hydrogen-bond acceptors (Lipinski definition) is 5. The number of nitrogens with two attached hydrogens (primary N) is 1. The van der Waals surface area contributed by atoms with Crippen molar-refractivity contribution in [1.82, 2.24) is 15.1 Å². The molecule has 7 nitrogen and oxygen atoms in total. The summed E-state index contributed by atoms with van der Waals surface area (Å²) in [6.07, 6.45) is 0. The van der Waals surface area contributed by atoms with E-state index in [-0.39, 0.29) is 29.0 Å². The highest BCUT2D eigenvalue weighted by atomic mass is 35.5. The lowest BCUT2D eigenvalue weighted by Crippen LogP contribution is -2.54. The maximum absolute atomic E-state index is 12.3. The van der Waals surface area contributed by atoms with Crippen LogP contribution in [0.1, 0.15) is 10.4 Å². The van der Waals surface area contributed by atoms with Gasteiger partial charge in [-0.2, -0.15) is 0 Å². The van der Waals surface area contributed by atoms with Gasteiger partial charge in [0.1, 0.15) is 6.04 Å². The van der Waals surface area contributed by atoms with Gasteiger partial charge in [0.05, 0.1) is 18.8 Å². The molecule has 0 spiro atoms. The molecule has 2 rings (SSSR count). The molecule has 0 radical (unpaired) electrons. The first-order chi connectivity index (χ1) is 9.00. The molecule has 1 atom stereocenters. The molecule has 9 heteroatoms. The monoisotopic (exact) mass is 304 g/mol. The Morgan fingerprint density at radius 3 is 2.84 bits per heavy atom. The molecule has 0 aliphatic carbocycles. The number of halogens is 2. The van der Waals surface area contributed by atoms with Crippen LogP contribution in [0.4, 0.5) is 0 Å². The standard InChI is InChI=1S/C10H10Cl2N4O3/c11-7-3-5(8(12)15-14-7)10(18)16-1-2-19-4-6(16)9(13)17/h3,6H,1-2,4H2,(H2,13,17). The summed E-state index contributed by atoms with van der Waals surface area (Å²) in [7, 11) is 0. The molecule has 0 bridgehead atoms. The number of carbonyl (C=O) groups excluding carboxylic acids is 2. The first-order valence-corrected chi connectivity index (χ1v) is 6.13. The predicted molar refractivity (Wildman–Crippen MR) is 66.9 cm³/mol. The van der Waals surface area contributed by atoms with E-state index in [0.717, 1.165) is 0 Å². The Hall–Kier alpha value is -1.44. The molecule has 1 aromatic heterocycles. The van der Waals surface area contributed by atoms with Crippen LogP contribution in [0.2, 0.25) is 10.3 Å². The van der Waals surface area contributed by atoms with Gasteiger partial charge < -0.3 is 15.4 Å². The summed E-state index contributed by atoms with van der Waals surface area (Å²) in [5.41, 5.74) is 5.32. The Kier molecular flexibility index (Phi) is 4.18. The fourth-order valence-electron chi connectivity index (χ4n) is 1.74. The quantitative estimate of drug-likeness (QED) is 0.836. The van der Waals surface area contributed by atoms with E-state index in [1.165, 1.54) is 11.0 Å². The average Bonchev–Trinajstić information content (AvgIpc) is 2.40. The molecule has 19 heavy (non-hydrogen) atoms. The van der Waals surface area contributed by atoms with Crippen molar-refractivity contribution in [3.05, 3.63) is 21.9 Å². The average molecular weight is 305 g/mol. The summed E-state index contributed by atoms with van der Waals surface area (Å²) < 4.78 is 5.13.